The molecule has 164 valence electrons. The first-order valence-corrected chi connectivity index (χ1v) is 11.1. The third kappa shape index (κ3) is 4.74. The van der Waals surface area contributed by atoms with Crippen molar-refractivity contribution in [2.45, 2.75) is 26.3 Å². The molecule has 0 spiro atoms. The van der Waals surface area contributed by atoms with Gasteiger partial charge in [0.1, 0.15) is 0 Å². The average molecular weight is 422 g/mol. The topological polar surface area (TPSA) is 53.1 Å². The number of para-hydroxylation sites is 1. The summed E-state index contributed by atoms with van der Waals surface area (Å²) in [4.78, 5) is 31.6. The number of anilines is 2. The van der Waals surface area contributed by atoms with Crippen LogP contribution in [0, 0.1) is 5.92 Å². The molecule has 6 heteroatoms. The summed E-state index contributed by atoms with van der Waals surface area (Å²) in [5.41, 5.74) is 4.39. The molecule has 2 aromatic rings. The molecule has 0 radical (unpaired) electrons. The molecule has 2 saturated heterocycles. The lowest BCUT2D eigenvalue weighted by molar-refractivity contribution is -0.135. The summed E-state index contributed by atoms with van der Waals surface area (Å²) in [6.07, 6.45) is 1.23. The Kier molecular flexibility index (Phi) is 6.56. The molecule has 0 bridgehead atoms. The molecule has 0 saturated carbocycles. The number of hydrogen-bond donors (Lipinski definition) is 0. The van der Waals surface area contributed by atoms with Gasteiger partial charge in [-0.15, -0.1) is 0 Å². The molecule has 2 heterocycles. The SMILES string of the molecule is CCc1ccc(N2CC(C(=O)N(C)Cc3ccccc3N3CCOCC3)CC2=O)cc1. The predicted octanol–water partition coefficient (Wildman–Crippen LogP) is 3.10. The Labute approximate surface area is 184 Å². The van der Waals surface area contributed by atoms with Gasteiger partial charge in [0, 0.05) is 51.0 Å². The van der Waals surface area contributed by atoms with E-state index in [0.717, 1.165) is 49.7 Å². The Bertz CT molecular complexity index is 922. The van der Waals surface area contributed by atoms with E-state index in [2.05, 4.69) is 24.0 Å². The third-order valence-electron chi connectivity index (χ3n) is 6.26. The molecule has 1 atom stereocenters. The number of nitrogens with zero attached hydrogens (tertiary/aromatic N) is 3. The molecule has 0 aliphatic carbocycles. The lowest BCUT2D eigenvalue weighted by Crippen LogP contribution is -2.38. The second kappa shape index (κ2) is 9.52. The minimum Gasteiger partial charge on any atom is -0.378 e. The van der Waals surface area contributed by atoms with Crippen LogP contribution in [0.1, 0.15) is 24.5 Å². The summed E-state index contributed by atoms with van der Waals surface area (Å²) in [6, 6.07) is 16.3. The summed E-state index contributed by atoms with van der Waals surface area (Å²) < 4.78 is 5.47. The molecule has 2 aliphatic rings. The van der Waals surface area contributed by atoms with Gasteiger partial charge in [-0.2, -0.15) is 0 Å². The molecule has 2 aromatic carbocycles. The fourth-order valence-electron chi connectivity index (χ4n) is 4.44. The molecule has 2 amide bonds. The zero-order valence-electron chi connectivity index (χ0n) is 18.4. The quantitative estimate of drug-likeness (QED) is 0.719. The highest BCUT2D eigenvalue weighted by atomic mass is 16.5. The number of rotatable bonds is 6. The van der Waals surface area contributed by atoms with Crippen molar-refractivity contribution in [1.82, 2.24) is 4.90 Å². The number of carbonyl (C=O) groups excluding carboxylic acids is 2. The molecule has 6 nitrogen and oxygen atoms in total. The molecule has 1 unspecified atom stereocenters. The van der Waals surface area contributed by atoms with E-state index in [-0.39, 0.29) is 24.2 Å². The van der Waals surface area contributed by atoms with Gasteiger partial charge in [0.05, 0.1) is 19.1 Å². The summed E-state index contributed by atoms with van der Waals surface area (Å²) in [5.74, 6) is -0.263. The molecule has 2 fully saturated rings. The maximum absolute atomic E-state index is 13.2. The minimum atomic E-state index is -0.307. The number of aryl methyl sites for hydroxylation is 1. The average Bonchev–Trinajstić information content (AvgIpc) is 3.21. The number of benzene rings is 2. The lowest BCUT2D eigenvalue weighted by Gasteiger charge is -2.31. The Morgan fingerprint density at radius 3 is 2.52 bits per heavy atom. The first kappa shape index (κ1) is 21.4. The van der Waals surface area contributed by atoms with Gasteiger partial charge in [0.15, 0.2) is 0 Å². The van der Waals surface area contributed by atoms with Crippen molar-refractivity contribution in [3.05, 3.63) is 59.7 Å². The second-order valence-corrected chi connectivity index (χ2v) is 8.35. The number of carbonyl (C=O) groups is 2. The Hall–Kier alpha value is -2.86. The van der Waals surface area contributed by atoms with Crippen LogP contribution in [0.5, 0.6) is 0 Å². The van der Waals surface area contributed by atoms with Gasteiger partial charge < -0.3 is 19.4 Å². The smallest absolute Gasteiger partial charge is 0.228 e. The van der Waals surface area contributed by atoms with Crippen molar-refractivity contribution >= 4 is 23.2 Å². The summed E-state index contributed by atoms with van der Waals surface area (Å²) in [7, 11) is 1.83. The monoisotopic (exact) mass is 421 g/mol. The summed E-state index contributed by atoms with van der Waals surface area (Å²) in [5, 5.41) is 0. The highest BCUT2D eigenvalue weighted by Crippen LogP contribution is 2.28. The number of ether oxygens (including phenoxy) is 1. The Balaban J connectivity index is 1.42. The predicted molar refractivity (Wildman–Crippen MR) is 122 cm³/mol. The van der Waals surface area contributed by atoms with E-state index < -0.39 is 0 Å². The van der Waals surface area contributed by atoms with Gasteiger partial charge in [-0.25, -0.2) is 0 Å². The van der Waals surface area contributed by atoms with Gasteiger partial charge in [-0.3, -0.25) is 9.59 Å². The van der Waals surface area contributed by atoms with E-state index >= 15 is 0 Å². The van der Waals surface area contributed by atoms with Crippen molar-refractivity contribution in [1.29, 1.82) is 0 Å². The molecular weight excluding hydrogens is 390 g/mol. The van der Waals surface area contributed by atoms with Gasteiger partial charge >= 0.3 is 0 Å². The zero-order chi connectivity index (χ0) is 21.8. The van der Waals surface area contributed by atoms with E-state index in [0.29, 0.717) is 13.1 Å². The summed E-state index contributed by atoms with van der Waals surface area (Å²) in [6.45, 7) is 6.25. The van der Waals surface area contributed by atoms with E-state index in [1.165, 1.54) is 5.56 Å². The maximum atomic E-state index is 13.2. The third-order valence-corrected chi connectivity index (χ3v) is 6.26. The molecule has 4 rings (SSSR count). The van der Waals surface area contributed by atoms with Crippen LogP contribution in [0.2, 0.25) is 0 Å². The van der Waals surface area contributed by atoms with Crippen LogP contribution in [0.3, 0.4) is 0 Å². The standard InChI is InChI=1S/C25H31N3O3/c1-3-19-8-10-22(11-9-19)28-18-21(16-24(28)29)25(30)26(2)17-20-6-4-5-7-23(20)27-12-14-31-15-13-27/h4-11,21H,3,12-18H2,1-2H3. The lowest BCUT2D eigenvalue weighted by atomic mass is 10.1. The van der Waals surface area contributed by atoms with Crippen molar-refractivity contribution in [2.75, 3.05) is 49.7 Å². The van der Waals surface area contributed by atoms with Crippen molar-refractivity contribution in [3.63, 3.8) is 0 Å². The maximum Gasteiger partial charge on any atom is 0.228 e. The molecule has 31 heavy (non-hydrogen) atoms. The fraction of sp³-hybridized carbons (Fsp3) is 0.440. The van der Waals surface area contributed by atoms with Crippen molar-refractivity contribution in [2.24, 2.45) is 5.92 Å². The largest absolute Gasteiger partial charge is 0.378 e. The van der Waals surface area contributed by atoms with E-state index in [1.54, 1.807) is 9.80 Å². The Morgan fingerprint density at radius 2 is 1.81 bits per heavy atom. The zero-order valence-corrected chi connectivity index (χ0v) is 18.4. The van der Waals surface area contributed by atoms with E-state index in [9.17, 15) is 9.59 Å². The van der Waals surface area contributed by atoms with Crippen LogP contribution in [0.15, 0.2) is 48.5 Å². The first-order chi connectivity index (χ1) is 15.1. The van der Waals surface area contributed by atoms with Crippen LogP contribution >= 0.6 is 0 Å². The van der Waals surface area contributed by atoms with Crippen LogP contribution in [0.4, 0.5) is 11.4 Å². The van der Waals surface area contributed by atoms with Gasteiger partial charge in [0.25, 0.3) is 0 Å². The molecular formula is C25H31N3O3. The molecule has 0 aromatic heterocycles. The first-order valence-electron chi connectivity index (χ1n) is 11.1. The van der Waals surface area contributed by atoms with Gasteiger partial charge in [0.2, 0.25) is 11.8 Å². The van der Waals surface area contributed by atoms with E-state index in [4.69, 9.17) is 4.74 Å². The second-order valence-electron chi connectivity index (χ2n) is 8.35. The van der Waals surface area contributed by atoms with Gasteiger partial charge in [-0.05, 0) is 35.7 Å². The Morgan fingerprint density at radius 1 is 1.10 bits per heavy atom. The van der Waals surface area contributed by atoms with E-state index in [1.807, 2.05) is 43.4 Å². The van der Waals surface area contributed by atoms with Crippen LogP contribution in [-0.4, -0.2) is 56.6 Å². The van der Waals surface area contributed by atoms with Crippen LogP contribution in [0.25, 0.3) is 0 Å². The fourth-order valence-corrected chi connectivity index (χ4v) is 4.44. The molecule has 2 aliphatic heterocycles. The highest BCUT2D eigenvalue weighted by Gasteiger charge is 2.36. The number of morpholine rings is 1. The minimum absolute atomic E-state index is 0.0183. The molecule has 0 N–H and O–H groups in total. The number of amides is 2. The van der Waals surface area contributed by atoms with Crippen molar-refractivity contribution in [3.8, 4) is 0 Å². The van der Waals surface area contributed by atoms with Crippen LogP contribution in [-0.2, 0) is 27.3 Å². The van der Waals surface area contributed by atoms with Gasteiger partial charge in [-0.1, -0.05) is 37.3 Å². The summed E-state index contributed by atoms with van der Waals surface area (Å²) >= 11 is 0. The number of hydrogen-bond acceptors (Lipinski definition) is 4. The van der Waals surface area contributed by atoms with Crippen LogP contribution < -0.4 is 9.80 Å². The normalized spacial score (nSPS) is 19.0. The van der Waals surface area contributed by atoms with Crippen molar-refractivity contribution < 1.29 is 14.3 Å². The highest BCUT2D eigenvalue weighted by molar-refractivity contribution is 6.00.